The highest BCUT2D eigenvalue weighted by atomic mass is 35.5. The van der Waals surface area contributed by atoms with Gasteiger partial charge in [0, 0.05) is 19.5 Å². The molecule has 9 heteroatoms. The summed E-state index contributed by atoms with van der Waals surface area (Å²) < 4.78 is 44.8. The fraction of sp³-hybridized carbons (Fsp3) is 0.333. The van der Waals surface area contributed by atoms with E-state index in [0.29, 0.717) is 30.2 Å². The van der Waals surface area contributed by atoms with Gasteiger partial charge in [0.25, 0.3) is 5.91 Å². The van der Waals surface area contributed by atoms with E-state index in [9.17, 15) is 22.8 Å². The Morgan fingerprint density at radius 1 is 1.20 bits per heavy atom. The number of halogens is 4. The van der Waals surface area contributed by atoms with Gasteiger partial charge in [0.05, 0.1) is 16.6 Å². The number of nitrogens with zero attached hydrogens (tertiary/aromatic N) is 1. The first-order chi connectivity index (χ1) is 14.2. The highest BCUT2D eigenvalue weighted by molar-refractivity contribution is 6.32. The zero-order valence-corrected chi connectivity index (χ0v) is 16.7. The molecule has 1 aliphatic heterocycles. The van der Waals surface area contributed by atoms with Crippen molar-refractivity contribution < 1.29 is 27.5 Å². The van der Waals surface area contributed by atoms with Crippen molar-refractivity contribution in [3.63, 3.8) is 0 Å². The first kappa shape index (κ1) is 22.0. The van der Waals surface area contributed by atoms with Crippen LogP contribution in [-0.4, -0.2) is 36.4 Å². The Morgan fingerprint density at radius 2 is 1.97 bits per heavy atom. The molecule has 0 aromatic heterocycles. The standard InChI is InChI=1S/C21H20ClF3N2O3/c22-16-7-1-2-8-18(16)30-13-19(28)26-17(12-27-10-4-9-20(27)29)14-5-3-6-15(11-14)21(23,24)25/h1-3,5-8,11,17H,4,9-10,12-13H2,(H,26,28). The molecule has 0 saturated carbocycles. The molecular weight excluding hydrogens is 421 g/mol. The quantitative estimate of drug-likeness (QED) is 0.701. The second-order valence-electron chi connectivity index (χ2n) is 6.91. The van der Waals surface area contributed by atoms with Gasteiger partial charge in [-0.05, 0) is 36.2 Å². The Balaban J connectivity index is 1.75. The van der Waals surface area contributed by atoms with Gasteiger partial charge in [-0.3, -0.25) is 9.59 Å². The van der Waals surface area contributed by atoms with Crippen LogP contribution >= 0.6 is 11.6 Å². The Morgan fingerprint density at radius 3 is 2.63 bits per heavy atom. The van der Waals surface area contributed by atoms with Gasteiger partial charge in [0.15, 0.2) is 6.61 Å². The SMILES string of the molecule is O=C(COc1ccccc1Cl)NC(CN1CCCC1=O)c1cccc(C(F)(F)F)c1. The van der Waals surface area contributed by atoms with Gasteiger partial charge < -0.3 is 15.0 Å². The maximum absolute atomic E-state index is 13.1. The third-order valence-electron chi connectivity index (χ3n) is 4.72. The van der Waals surface area contributed by atoms with Crippen LogP contribution in [0.5, 0.6) is 5.75 Å². The molecule has 160 valence electrons. The molecule has 2 aromatic carbocycles. The predicted octanol–water partition coefficient (Wildman–Crippen LogP) is 4.22. The van der Waals surface area contributed by atoms with Crippen molar-refractivity contribution in [3.8, 4) is 5.75 Å². The topological polar surface area (TPSA) is 58.6 Å². The van der Waals surface area contributed by atoms with Crippen LogP contribution in [0.3, 0.4) is 0 Å². The van der Waals surface area contributed by atoms with Crippen LogP contribution in [-0.2, 0) is 15.8 Å². The van der Waals surface area contributed by atoms with E-state index in [1.165, 1.54) is 12.1 Å². The van der Waals surface area contributed by atoms with E-state index in [2.05, 4.69) is 5.32 Å². The summed E-state index contributed by atoms with van der Waals surface area (Å²) in [7, 11) is 0. The number of amides is 2. The van der Waals surface area contributed by atoms with E-state index in [1.54, 1.807) is 29.2 Å². The number of benzene rings is 2. The average molecular weight is 441 g/mol. The van der Waals surface area contributed by atoms with Gasteiger partial charge in [0.1, 0.15) is 5.75 Å². The summed E-state index contributed by atoms with van der Waals surface area (Å²) in [4.78, 5) is 26.0. The number of para-hydroxylation sites is 1. The van der Waals surface area contributed by atoms with E-state index >= 15 is 0 Å². The lowest BCUT2D eigenvalue weighted by molar-refractivity contribution is -0.137. The number of hydrogen-bond donors (Lipinski definition) is 1. The molecule has 1 N–H and O–H groups in total. The minimum atomic E-state index is -4.51. The summed E-state index contributed by atoms with van der Waals surface area (Å²) in [5, 5.41) is 3.02. The smallest absolute Gasteiger partial charge is 0.416 e. The fourth-order valence-corrected chi connectivity index (χ4v) is 3.41. The van der Waals surface area contributed by atoms with Crippen molar-refractivity contribution in [3.05, 3.63) is 64.7 Å². The highest BCUT2D eigenvalue weighted by Gasteiger charge is 2.32. The molecule has 0 radical (unpaired) electrons. The normalized spacial score (nSPS) is 15.2. The zero-order chi connectivity index (χ0) is 21.7. The summed E-state index contributed by atoms with van der Waals surface area (Å²) in [6, 6.07) is 10.5. The van der Waals surface area contributed by atoms with Crippen molar-refractivity contribution in [1.82, 2.24) is 10.2 Å². The van der Waals surface area contributed by atoms with Crippen molar-refractivity contribution in [2.75, 3.05) is 19.7 Å². The molecule has 5 nitrogen and oxygen atoms in total. The number of rotatable bonds is 7. The van der Waals surface area contributed by atoms with Gasteiger partial charge in [-0.25, -0.2) is 0 Å². The largest absolute Gasteiger partial charge is 0.482 e. The van der Waals surface area contributed by atoms with Gasteiger partial charge in [-0.15, -0.1) is 0 Å². The molecule has 0 bridgehead atoms. The molecule has 30 heavy (non-hydrogen) atoms. The second-order valence-corrected chi connectivity index (χ2v) is 7.31. The van der Waals surface area contributed by atoms with Gasteiger partial charge in [-0.1, -0.05) is 35.9 Å². The predicted molar refractivity (Wildman–Crippen MR) is 105 cm³/mol. The second kappa shape index (κ2) is 9.38. The van der Waals surface area contributed by atoms with Crippen LogP contribution in [0.25, 0.3) is 0 Å². The summed E-state index contributed by atoms with van der Waals surface area (Å²) in [6.45, 7) is 0.214. The third kappa shape index (κ3) is 5.66. The van der Waals surface area contributed by atoms with Crippen LogP contribution in [0.2, 0.25) is 5.02 Å². The number of nitrogens with one attached hydrogen (secondary N) is 1. The summed E-state index contributed by atoms with van der Waals surface area (Å²) in [5.74, 6) is -0.308. The number of ether oxygens (including phenoxy) is 1. The van der Waals surface area contributed by atoms with E-state index in [1.807, 2.05) is 0 Å². The molecular formula is C21H20ClF3N2O3. The molecule has 2 aromatic rings. The minimum absolute atomic E-state index is 0.0813. The molecule has 1 atom stereocenters. The first-order valence-electron chi connectivity index (χ1n) is 9.35. The first-order valence-corrected chi connectivity index (χ1v) is 9.73. The van der Waals surface area contributed by atoms with E-state index in [0.717, 1.165) is 12.1 Å². The van der Waals surface area contributed by atoms with Crippen LogP contribution in [0, 0.1) is 0 Å². The lowest BCUT2D eigenvalue weighted by Gasteiger charge is -2.26. The van der Waals surface area contributed by atoms with Gasteiger partial charge in [-0.2, -0.15) is 13.2 Å². The maximum atomic E-state index is 13.1. The summed E-state index contributed by atoms with van der Waals surface area (Å²) >= 11 is 5.99. The molecule has 3 rings (SSSR count). The Bertz CT molecular complexity index is 920. The van der Waals surface area contributed by atoms with Gasteiger partial charge >= 0.3 is 6.18 Å². The van der Waals surface area contributed by atoms with Crippen LogP contribution in [0.1, 0.15) is 30.0 Å². The molecule has 1 fully saturated rings. The van der Waals surface area contributed by atoms with Crippen molar-refractivity contribution in [2.45, 2.75) is 25.1 Å². The van der Waals surface area contributed by atoms with Crippen molar-refractivity contribution in [1.29, 1.82) is 0 Å². The van der Waals surface area contributed by atoms with E-state index < -0.39 is 23.7 Å². The van der Waals surface area contributed by atoms with Crippen LogP contribution < -0.4 is 10.1 Å². The Kier molecular flexibility index (Phi) is 6.87. The number of carbonyl (C=O) groups is 2. The minimum Gasteiger partial charge on any atom is -0.482 e. The summed E-state index contributed by atoms with van der Waals surface area (Å²) in [6.07, 6.45) is -3.45. The molecule has 1 aliphatic rings. The number of hydrogen-bond acceptors (Lipinski definition) is 3. The van der Waals surface area contributed by atoms with Crippen LogP contribution in [0.15, 0.2) is 48.5 Å². The highest BCUT2D eigenvalue weighted by Crippen LogP contribution is 2.31. The molecule has 2 amide bonds. The fourth-order valence-electron chi connectivity index (χ4n) is 3.22. The molecule has 0 aliphatic carbocycles. The lowest BCUT2D eigenvalue weighted by Crippen LogP contribution is -2.40. The molecule has 1 saturated heterocycles. The molecule has 1 unspecified atom stereocenters. The third-order valence-corrected chi connectivity index (χ3v) is 5.03. The van der Waals surface area contributed by atoms with Crippen molar-refractivity contribution in [2.24, 2.45) is 0 Å². The molecule has 1 heterocycles. The van der Waals surface area contributed by atoms with Crippen molar-refractivity contribution >= 4 is 23.4 Å². The number of alkyl halides is 3. The number of likely N-dealkylation sites (tertiary alicyclic amines) is 1. The maximum Gasteiger partial charge on any atom is 0.416 e. The van der Waals surface area contributed by atoms with Crippen LogP contribution in [0.4, 0.5) is 13.2 Å². The van der Waals surface area contributed by atoms with Gasteiger partial charge in [0.2, 0.25) is 5.91 Å². The summed E-state index contributed by atoms with van der Waals surface area (Å²) in [5.41, 5.74) is -0.560. The molecule has 0 spiro atoms. The monoisotopic (exact) mass is 440 g/mol. The zero-order valence-electron chi connectivity index (χ0n) is 15.9. The Labute approximate surface area is 176 Å². The average Bonchev–Trinajstić information content (AvgIpc) is 3.11. The number of carbonyl (C=O) groups excluding carboxylic acids is 2. The lowest BCUT2D eigenvalue weighted by atomic mass is 10.0. The van der Waals surface area contributed by atoms with E-state index in [4.69, 9.17) is 16.3 Å². The Hall–Kier alpha value is -2.74. The van der Waals surface area contributed by atoms with E-state index in [-0.39, 0.29) is 24.6 Å².